The fourth-order valence-corrected chi connectivity index (χ4v) is 3.98. The van der Waals surface area contributed by atoms with Crippen LogP contribution in [0, 0.1) is 10.1 Å². The van der Waals surface area contributed by atoms with Gasteiger partial charge in [-0.05, 0) is 61.0 Å². The van der Waals surface area contributed by atoms with Gasteiger partial charge >= 0.3 is 5.97 Å². The number of phenolic OH excluding ortho intramolecular Hbond substituents is 1. The number of nitrogens with zero attached hydrogens (tertiary/aromatic N) is 2. The highest BCUT2D eigenvalue weighted by Gasteiger charge is 2.47. The molecule has 1 amide bonds. The first-order chi connectivity index (χ1) is 17.2. The third-order valence-electron chi connectivity index (χ3n) is 5.64. The number of carbonyl (C=O) groups excluding carboxylic acids is 3. The monoisotopic (exact) mass is 488 g/mol. The van der Waals surface area contributed by atoms with Gasteiger partial charge in [-0.3, -0.25) is 24.6 Å². The number of nitro groups is 1. The molecule has 3 aromatic carbocycles. The molecule has 1 unspecified atom stereocenters. The van der Waals surface area contributed by atoms with E-state index in [1.807, 2.05) is 0 Å². The maximum absolute atomic E-state index is 13.2. The molecule has 1 heterocycles. The lowest BCUT2D eigenvalue weighted by Gasteiger charge is -2.25. The van der Waals surface area contributed by atoms with Crippen LogP contribution < -0.4 is 4.90 Å². The molecule has 1 aliphatic rings. The molecular formula is C26H20N2O8. The number of ketones is 1. The number of nitro benzene ring substituents is 1. The predicted molar refractivity (Wildman–Crippen MR) is 128 cm³/mol. The van der Waals surface area contributed by atoms with Crippen LogP contribution >= 0.6 is 0 Å². The summed E-state index contributed by atoms with van der Waals surface area (Å²) in [5, 5.41) is 32.1. The number of esters is 1. The first kappa shape index (κ1) is 24.1. The highest BCUT2D eigenvalue weighted by molar-refractivity contribution is 6.51. The maximum Gasteiger partial charge on any atom is 0.338 e. The van der Waals surface area contributed by atoms with Crippen LogP contribution in [0.1, 0.15) is 34.5 Å². The van der Waals surface area contributed by atoms with Gasteiger partial charge in [0, 0.05) is 23.4 Å². The van der Waals surface area contributed by atoms with Crippen molar-refractivity contribution in [2.24, 2.45) is 0 Å². The van der Waals surface area contributed by atoms with E-state index < -0.39 is 34.4 Å². The minimum Gasteiger partial charge on any atom is -0.508 e. The molecule has 10 nitrogen and oxygen atoms in total. The normalized spacial score (nSPS) is 16.7. The molecular weight excluding hydrogens is 468 g/mol. The Hall–Kier alpha value is -4.99. The van der Waals surface area contributed by atoms with Gasteiger partial charge in [-0.2, -0.15) is 0 Å². The van der Waals surface area contributed by atoms with E-state index in [1.54, 1.807) is 13.0 Å². The van der Waals surface area contributed by atoms with Crippen LogP contribution in [0.25, 0.3) is 5.76 Å². The molecule has 3 aromatic rings. The molecule has 1 saturated heterocycles. The summed E-state index contributed by atoms with van der Waals surface area (Å²) >= 11 is 0. The number of ether oxygens (including phenoxy) is 1. The average molecular weight is 488 g/mol. The molecule has 182 valence electrons. The van der Waals surface area contributed by atoms with Crippen molar-refractivity contribution >= 4 is 34.8 Å². The molecule has 0 spiro atoms. The Morgan fingerprint density at radius 3 is 2.25 bits per heavy atom. The van der Waals surface area contributed by atoms with E-state index in [2.05, 4.69) is 0 Å². The summed E-state index contributed by atoms with van der Waals surface area (Å²) in [7, 11) is 0. The third-order valence-corrected chi connectivity index (χ3v) is 5.64. The Bertz CT molecular complexity index is 1390. The van der Waals surface area contributed by atoms with Crippen molar-refractivity contribution in [1.29, 1.82) is 0 Å². The van der Waals surface area contributed by atoms with Crippen LogP contribution in [0.2, 0.25) is 0 Å². The molecule has 1 atom stereocenters. The third kappa shape index (κ3) is 4.39. The second-order valence-corrected chi connectivity index (χ2v) is 7.84. The summed E-state index contributed by atoms with van der Waals surface area (Å²) in [6, 6.07) is 15.5. The topological polar surface area (TPSA) is 147 Å². The van der Waals surface area contributed by atoms with Gasteiger partial charge in [0.2, 0.25) is 0 Å². The number of aliphatic hydroxyl groups is 1. The van der Waals surface area contributed by atoms with Gasteiger partial charge in [0.05, 0.1) is 28.7 Å². The van der Waals surface area contributed by atoms with E-state index in [-0.39, 0.29) is 40.4 Å². The SMILES string of the molecule is CCOC(=O)c1ccc(N2C(=O)C(=O)/C(=C(\O)c3ccc([N+](=O)[O-])cc3)C2c2cccc(O)c2)cc1. The number of rotatable bonds is 6. The second kappa shape index (κ2) is 9.71. The zero-order valence-corrected chi connectivity index (χ0v) is 19.0. The van der Waals surface area contributed by atoms with Gasteiger partial charge in [0.25, 0.3) is 17.4 Å². The van der Waals surface area contributed by atoms with Crippen molar-refractivity contribution in [3.63, 3.8) is 0 Å². The summed E-state index contributed by atoms with van der Waals surface area (Å²) in [6.45, 7) is 1.86. The lowest BCUT2D eigenvalue weighted by Crippen LogP contribution is -2.29. The van der Waals surface area contributed by atoms with E-state index in [4.69, 9.17) is 4.74 Å². The molecule has 0 aromatic heterocycles. The Labute approximate surface area is 204 Å². The lowest BCUT2D eigenvalue weighted by molar-refractivity contribution is -0.384. The highest BCUT2D eigenvalue weighted by Crippen LogP contribution is 2.42. The second-order valence-electron chi connectivity index (χ2n) is 7.84. The number of non-ortho nitro benzene ring substituents is 1. The number of benzene rings is 3. The number of amides is 1. The Morgan fingerprint density at radius 2 is 1.67 bits per heavy atom. The molecule has 0 aliphatic carbocycles. The van der Waals surface area contributed by atoms with Crippen molar-refractivity contribution < 1.29 is 34.3 Å². The van der Waals surface area contributed by atoms with Crippen LogP contribution in [-0.2, 0) is 14.3 Å². The minimum absolute atomic E-state index is 0.0985. The summed E-state index contributed by atoms with van der Waals surface area (Å²) in [5.41, 5.74) is 0.485. The van der Waals surface area contributed by atoms with Gasteiger partial charge in [-0.1, -0.05) is 12.1 Å². The number of hydrogen-bond donors (Lipinski definition) is 2. The molecule has 1 aliphatic heterocycles. The first-order valence-corrected chi connectivity index (χ1v) is 10.8. The standard InChI is InChI=1S/C26H20N2O8/c1-2-36-26(33)16-8-10-18(11-9-16)27-22(17-4-3-5-20(29)14-17)21(24(31)25(27)32)23(30)15-6-12-19(13-7-15)28(34)35/h3-14,22,29-30H,2H2,1H3/b23-21-. The molecule has 10 heteroatoms. The first-order valence-electron chi connectivity index (χ1n) is 10.8. The summed E-state index contributed by atoms with van der Waals surface area (Å²) in [5.74, 6) is -3.11. The lowest BCUT2D eigenvalue weighted by atomic mass is 9.95. The number of hydrogen-bond acceptors (Lipinski definition) is 8. The fourth-order valence-electron chi connectivity index (χ4n) is 3.98. The van der Waals surface area contributed by atoms with Crippen LogP contribution in [0.15, 0.2) is 78.4 Å². The van der Waals surface area contributed by atoms with Gasteiger partial charge < -0.3 is 14.9 Å². The molecule has 2 N–H and O–H groups in total. The summed E-state index contributed by atoms with van der Waals surface area (Å²) < 4.78 is 4.97. The predicted octanol–water partition coefficient (Wildman–Crippen LogP) is 4.10. The number of aromatic hydroxyl groups is 1. The van der Waals surface area contributed by atoms with Gasteiger partial charge in [0.1, 0.15) is 11.5 Å². The summed E-state index contributed by atoms with van der Waals surface area (Å²) in [6.07, 6.45) is 0. The molecule has 0 saturated carbocycles. The number of anilines is 1. The number of aliphatic hydroxyl groups excluding tert-OH is 1. The Balaban J connectivity index is 1.85. The Morgan fingerprint density at radius 1 is 1.03 bits per heavy atom. The molecule has 0 radical (unpaired) electrons. The fraction of sp³-hybridized carbons (Fsp3) is 0.115. The smallest absolute Gasteiger partial charge is 0.338 e. The molecule has 1 fully saturated rings. The van der Waals surface area contributed by atoms with Crippen LogP contribution in [0.5, 0.6) is 5.75 Å². The zero-order valence-electron chi connectivity index (χ0n) is 19.0. The van der Waals surface area contributed by atoms with Gasteiger partial charge in [0.15, 0.2) is 0 Å². The summed E-state index contributed by atoms with van der Waals surface area (Å²) in [4.78, 5) is 49.9. The molecule has 36 heavy (non-hydrogen) atoms. The van der Waals surface area contributed by atoms with E-state index in [0.717, 1.165) is 4.90 Å². The maximum atomic E-state index is 13.2. The van der Waals surface area contributed by atoms with Crippen molar-refractivity contribution in [3.8, 4) is 5.75 Å². The van der Waals surface area contributed by atoms with Gasteiger partial charge in [-0.25, -0.2) is 4.79 Å². The number of Topliss-reactive ketones (excluding diaryl/α,β-unsaturated/α-hetero) is 1. The van der Waals surface area contributed by atoms with Crippen molar-refractivity contribution in [2.45, 2.75) is 13.0 Å². The van der Waals surface area contributed by atoms with E-state index >= 15 is 0 Å². The minimum atomic E-state index is -1.12. The van der Waals surface area contributed by atoms with Crippen molar-refractivity contribution in [2.75, 3.05) is 11.5 Å². The van der Waals surface area contributed by atoms with Crippen molar-refractivity contribution in [1.82, 2.24) is 0 Å². The molecule has 0 bridgehead atoms. The molecule has 4 rings (SSSR count). The average Bonchev–Trinajstić information content (AvgIpc) is 3.14. The number of carbonyl (C=O) groups is 3. The van der Waals surface area contributed by atoms with Gasteiger partial charge in [-0.15, -0.1) is 0 Å². The van der Waals surface area contributed by atoms with Crippen molar-refractivity contribution in [3.05, 3.63) is 105 Å². The number of phenols is 1. The largest absolute Gasteiger partial charge is 0.508 e. The van der Waals surface area contributed by atoms with Crippen LogP contribution in [0.4, 0.5) is 11.4 Å². The van der Waals surface area contributed by atoms with Crippen LogP contribution in [0.3, 0.4) is 0 Å². The zero-order chi connectivity index (χ0) is 26.0. The van der Waals surface area contributed by atoms with E-state index in [1.165, 1.54) is 66.7 Å². The van der Waals surface area contributed by atoms with E-state index in [9.17, 15) is 34.7 Å². The quantitative estimate of drug-likeness (QED) is 0.132. The van der Waals surface area contributed by atoms with Crippen LogP contribution in [-0.4, -0.2) is 39.4 Å². The Kier molecular flexibility index (Phi) is 6.51. The van der Waals surface area contributed by atoms with E-state index in [0.29, 0.717) is 5.56 Å². The highest BCUT2D eigenvalue weighted by atomic mass is 16.6.